The molecular weight excluding hydrogens is 228 g/mol. The third-order valence-electron chi connectivity index (χ3n) is 2.58. The Hall–Kier alpha value is -2.10. The van der Waals surface area contributed by atoms with Crippen LogP contribution >= 0.6 is 0 Å². The maximum Gasteiger partial charge on any atom is 0.335 e. The van der Waals surface area contributed by atoms with Crippen LogP contribution in [0.15, 0.2) is 48.8 Å². The highest BCUT2D eigenvalue weighted by Crippen LogP contribution is 2.18. The zero-order chi connectivity index (χ0) is 12.8. The van der Waals surface area contributed by atoms with E-state index in [1.165, 1.54) is 0 Å². The van der Waals surface area contributed by atoms with Crippen molar-refractivity contribution < 1.29 is 9.53 Å². The van der Waals surface area contributed by atoms with Crippen LogP contribution in [0.3, 0.4) is 0 Å². The van der Waals surface area contributed by atoms with Crippen LogP contribution in [0.25, 0.3) is 0 Å². The van der Waals surface area contributed by atoms with Gasteiger partial charge in [0, 0.05) is 12.4 Å². The number of nitrogens with zero attached hydrogens (tertiary/aromatic N) is 2. The largest absolute Gasteiger partial charge is 0.464 e. The second kappa shape index (κ2) is 6.00. The fourth-order valence-electron chi connectivity index (χ4n) is 1.75. The van der Waals surface area contributed by atoms with Gasteiger partial charge in [0.2, 0.25) is 0 Å². The smallest absolute Gasteiger partial charge is 0.335 e. The quantitative estimate of drug-likeness (QED) is 0.759. The van der Waals surface area contributed by atoms with Gasteiger partial charge in [-0.25, -0.2) is 4.79 Å². The average molecular weight is 244 g/mol. The van der Waals surface area contributed by atoms with Crippen molar-refractivity contribution in [1.29, 1.82) is 0 Å². The lowest BCUT2D eigenvalue weighted by Gasteiger charge is -2.16. The molecule has 1 heterocycles. The van der Waals surface area contributed by atoms with Gasteiger partial charge in [-0.3, -0.25) is 4.68 Å². The fourth-order valence-corrected chi connectivity index (χ4v) is 1.75. The molecule has 0 saturated heterocycles. The Morgan fingerprint density at radius 1 is 1.33 bits per heavy atom. The molecular formula is C14H16N2O2. The van der Waals surface area contributed by atoms with E-state index < -0.39 is 6.04 Å². The van der Waals surface area contributed by atoms with E-state index in [0.717, 1.165) is 12.0 Å². The van der Waals surface area contributed by atoms with Crippen molar-refractivity contribution in [3.63, 3.8) is 0 Å². The maximum absolute atomic E-state index is 12.1. The van der Waals surface area contributed by atoms with E-state index in [1.54, 1.807) is 23.1 Å². The Morgan fingerprint density at radius 2 is 2.11 bits per heavy atom. The number of ether oxygens (including phenoxy) is 1. The topological polar surface area (TPSA) is 44.1 Å². The number of carbonyl (C=O) groups is 1. The molecule has 0 bridgehead atoms. The second-order valence-corrected chi connectivity index (χ2v) is 3.97. The molecule has 1 aromatic carbocycles. The molecule has 0 saturated carbocycles. The van der Waals surface area contributed by atoms with Gasteiger partial charge in [0.1, 0.15) is 0 Å². The number of rotatable bonds is 5. The van der Waals surface area contributed by atoms with Gasteiger partial charge in [0.25, 0.3) is 0 Å². The summed E-state index contributed by atoms with van der Waals surface area (Å²) in [5.41, 5.74) is 0.877. The van der Waals surface area contributed by atoms with Gasteiger partial charge in [0.05, 0.1) is 6.61 Å². The highest BCUT2D eigenvalue weighted by atomic mass is 16.5. The SMILES string of the molecule is CCCOC(=O)[C@H](c1ccccc1)n1cccn1. The lowest BCUT2D eigenvalue weighted by molar-refractivity contribution is -0.146. The van der Waals surface area contributed by atoms with Crippen LogP contribution in [0, 0.1) is 0 Å². The standard InChI is InChI=1S/C14H16N2O2/c1-2-11-18-14(17)13(16-10-6-9-15-16)12-7-4-3-5-8-12/h3-10,13H,2,11H2,1H3/t13-/m0/s1. The number of hydrogen-bond donors (Lipinski definition) is 0. The molecule has 0 N–H and O–H groups in total. The average Bonchev–Trinajstić information content (AvgIpc) is 2.92. The molecule has 1 aromatic heterocycles. The van der Waals surface area contributed by atoms with Crippen molar-refractivity contribution in [3.05, 3.63) is 54.4 Å². The van der Waals surface area contributed by atoms with Crippen LogP contribution < -0.4 is 0 Å². The first-order valence-corrected chi connectivity index (χ1v) is 6.03. The molecule has 0 aliphatic rings. The van der Waals surface area contributed by atoms with Gasteiger partial charge < -0.3 is 4.74 Å². The molecule has 1 atom stereocenters. The zero-order valence-electron chi connectivity index (χ0n) is 10.3. The van der Waals surface area contributed by atoms with E-state index in [-0.39, 0.29) is 5.97 Å². The molecule has 0 aliphatic heterocycles. The van der Waals surface area contributed by atoms with Crippen molar-refractivity contribution in [2.45, 2.75) is 19.4 Å². The third-order valence-corrected chi connectivity index (χ3v) is 2.58. The van der Waals surface area contributed by atoms with Crippen LogP contribution in [0.4, 0.5) is 0 Å². The highest BCUT2D eigenvalue weighted by Gasteiger charge is 2.23. The Bertz CT molecular complexity index is 480. The first-order valence-electron chi connectivity index (χ1n) is 6.03. The molecule has 0 fully saturated rings. The molecule has 0 amide bonds. The minimum absolute atomic E-state index is 0.272. The summed E-state index contributed by atoms with van der Waals surface area (Å²) < 4.78 is 6.85. The van der Waals surface area contributed by atoms with Crippen molar-refractivity contribution in [1.82, 2.24) is 9.78 Å². The van der Waals surface area contributed by atoms with Gasteiger partial charge in [-0.2, -0.15) is 5.10 Å². The van der Waals surface area contributed by atoms with E-state index in [9.17, 15) is 4.79 Å². The van der Waals surface area contributed by atoms with E-state index in [2.05, 4.69) is 5.10 Å². The van der Waals surface area contributed by atoms with Crippen molar-refractivity contribution >= 4 is 5.97 Å². The van der Waals surface area contributed by atoms with E-state index in [4.69, 9.17) is 4.74 Å². The molecule has 0 aliphatic carbocycles. The Kier molecular flexibility index (Phi) is 4.12. The van der Waals surface area contributed by atoms with Crippen molar-refractivity contribution in [3.8, 4) is 0 Å². The van der Waals surface area contributed by atoms with E-state index >= 15 is 0 Å². The number of carbonyl (C=O) groups excluding carboxylic acids is 1. The molecule has 94 valence electrons. The fraction of sp³-hybridized carbons (Fsp3) is 0.286. The van der Waals surface area contributed by atoms with Crippen LogP contribution in [0.1, 0.15) is 24.9 Å². The second-order valence-electron chi connectivity index (χ2n) is 3.97. The summed E-state index contributed by atoms with van der Waals surface area (Å²) >= 11 is 0. The van der Waals surface area contributed by atoms with Crippen LogP contribution in [0.2, 0.25) is 0 Å². The van der Waals surface area contributed by atoms with Gasteiger partial charge >= 0.3 is 5.97 Å². The molecule has 0 unspecified atom stereocenters. The normalized spacial score (nSPS) is 12.1. The molecule has 2 rings (SSSR count). The summed E-state index contributed by atoms with van der Waals surface area (Å²) in [4.78, 5) is 12.1. The number of aromatic nitrogens is 2. The first kappa shape index (κ1) is 12.4. The Labute approximate surface area is 106 Å². The minimum Gasteiger partial charge on any atom is -0.464 e. The first-order chi connectivity index (χ1) is 8.83. The monoisotopic (exact) mass is 244 g/mol. The third kappa shape index (κ3) is 2.77. The molecule has 0 radical (unpaired) electrons. The lowest BCUT2D eigenvalue weighted by atomic mass is 10.1. The summed E-state index contributed by atoms with van der Waals surface area (Å²) in [6, 6.07) is 10.8. The molecule has 4 heteroatoms. The number of hydrogen-bond acceptors (Lipinski definition) is 3. The van der Waals surface area contributed by atoms with E-state index in [1.807, 2.05) is 37.3 Å². The van der Waals surface area contributed by atoms with Crippen molar-refractivity contribution in [2.75, 3.05) is 6.61 Å². The summed E-state index contributed by atoms with van der Waals surface area (Å²) in [7, 11) is 0. The molecule has 0 spiro atoms. The molecule has 4 nitrogen and oxygen atoms in total. The minimum atomic E-state index is -0.507. The van der Waals surface area contributed by atoms with Crippen molar-refractivity contribution in [2.24, 2.45) is 0 Å². The number of esters is 1. The number of benzene rings is 1. The van der Waals surface area contributed by atoms with Crippen LogP contribution in [0.5, 0.6) is 0 Å². The van der Waals surface area contributed by atoms with Crippen LogP contribution in [-0.4, -0.2) is 22.4 Å². The Morgan fingerprint density at radius 3 is 2.72 bits per heavy atom. The molecule has 18 heavy (non-hydrogen) atoms. The summed E-state index contributed by atoms with van der Waals surface area (Å²) in [6.45, 7) is 2.40. The lowest BCUT2D eigenvalue weighted by Crippen LogP contribution is -2.23. The summed E-state index contributed by atoms with van der Waals surface area (Å²) in [5, 5.41) is 4.14. The van der Waals surface area contributed by atoms with Gasteiger partial charge in [0.15, 0.2) is 6.04 Å². The van der Waals surface area contributed by atoms with Crippen LogP contribution in [-0.2, 0) is 9.53 Å². The van der Waals surface area contributed by atoms with E-state index in [0.29, 0.717) is 6.61 Å². The summed E-state index contributed by atoms with van der Waals surface area (Å²) in [5.74, 6) is -0.272. The van der Waals surface area contributed by atoms with Gasteiger partial charge in [-0.15, -0.1) is 0 Å². The van der Waals surface area contributed by atoms with Gasteiger partial charge in [-0.1, -0.05) is 37.3 Å². The maximum atomic E-state index is 12.1. The van der Waals surface area contributed by atoms with Gasteiger partial charge in [-0.05, 0) is 18.1 Å². The summed E-state index contributed by atoms with van der Waals surface area (Å²) in [6.07, 6.45) is 4.24. The Balaban J connectivity index is 2.27. The zero-order valence-corrected chi connectivity index (χ0v) is 10.3. The predicted octanol–water partition coefficient (Wildman–Crippen LogP) is 2.43. The highest BCUT2D eigenvalue weighted by molar-refractivity contribution is 5.77. The predicted molar refractivity (Wildman–Crippen MR) is 68.1 cm³/mol. The molecule has 2 aromatic rings.